The van der Waals surface area contributed by atoms with Crippen molar-refractivity contribution in [1.29, 1.82) is 0 Å². The Morgan fingerprint density at radius 3 is 1.93 bits per heavy atom. The fraction of sp³-hybridized carbons (Fsp3) is 0.538. The first-order valence-corrected chi connectivity index (χ1v) is 5.05. The molecule has 1 aromatic rings. The lowest BCUT2D eigenvalue weighted by Crippen LogP contribution is -2.14. The molecule has 0 spiro atoms. The van der Waals surface area contributed by atoms with E-state index in [0.29, 0.717) is 5.75 Å². The lowest BCUT2D eigenvalue weighted by Gasteiger charge is -2.24. The summed E-state index contributed by atoms with van der Waals surface area (Å²) in [7, 11) is 0. The zero-order valence-electron chi connectivity index (χ0n) is 10.0. The van der Waals surface area contributed by atoms with Gasteiger partial charge in [0.15, 0.2) is 0 Å². The average Bonchev–Trinajstić information content (AvgIpc) is 1.97. The molecule has 1 N–H and O–H groups in total. The Morgan fingerprint density at radius 2 is 1.50 bits per heavy atom. The van der Waals surface area contributed by atoms with Crippen LogP contribution in [0, 0.1) is 20.8 Å². The van der Waals surface area contributed by atoms with Gasteiger partial charge in [0.1, 0.15) is 5.75 Å². The second-order valence-corrected chi connectivity index (χ2v) is 5.11. The molecule has 0 heterocycles. The Balaban J connectivity index is 3.53. The topological polar surface area (TPSA) is 20.2 Å². The number of hydrogen-bond donors (Lipinski definition) is 1. The molecule has 0 unspecified atom stereocenters. The summed E-state index contributed by atoms with van der Waals surface area (Å²) < 4.78 is 0. The minimum Gasteiger partial charge on any atom is -0.507 e. The summed E-state index contributed by atoms with van der Waals surface area (Å²) in [5.74, 6) is 0.468. The van der Waals surface area contributed by atoms with E-state index in [1.807, 2.05) is 13.8 Å². The molecule has 0 bridgehead atoms. The molecule has 0 radical (unpaired) electrons. The molecule has 0 saturated heterocycles. The van der Waals surface area contributed by atoms with E-state index in [4.69, 9.17) is 0 Å². The molecule has 0 aliphatic carbocycles. The molecule has 0 atom stereocenters. The maximum atomic E-state index is 10.1. The predicted octanol–water partition coefficient (Wildman–Crippen LogP) is 3.61. The first kappa shape index (κ1) is 11.1. The average molecular weight is 192 g/mol. The summed E-state index contributed by atoms with van der Waals surface area (Å²) >= 11 is 0. The number of rotatable bonds is 0. The van der Waals surface area contributed by atoms with E-state index in [2.05, 4.69) is 33.8 Å². The van der Waals surface area contributed by atoms with Gasteiger partial charge in [-0.1, -0.05) is 26.8 Å². The van der Waals surface area contributed by atoms with E-state index in [9.17, 15) is 5.11 Å². The highest BCUT2D eigenvalue weighted by Crippen LogP contribution is 2.36. The van der Waals surface area contributed by atoms with Crippen LogP contribution in [-0.2, 0) is 5.41 Å². The number of phenolic OH excluding ortho intramolecular Hbond substituents is 1. The zero-order chi connectivity index (χ0) is 11.1. The van der Waals surface area contributed by atoms with Crippen molar-refractivity contribution in [1.82, 2.24) is 0 Å². The fourth-order valence-corrected chi connectivity index (χ4v) is 2.01. The summed E-state index contributed by atoms with van der Waals surface area (Å²) in [6.45, 7) is 12.5. The zero-order valence-corrected chi connectivity index (χ0v) is 10.0. The van der Waals surface area contributed by atoms with Crippen molar-refractivity contribution >= 4 is 0 Å². The lowest BCUT2D eigenvalue weighted by atomic mass is 9.81. The van der Waals surface area contributed by atoms with E-state index in [1.165, 1.54) is 5.56 Å². The normalized spacial score (nSPS) is 11.9. The summed E-state index contributed by atoms with van der Waals surface area (Å²) in [5.41, 5.74) is 4.42. The molecule has 1 aromatic carbocycles. The Bertz CT molecular complexity index is 356. The SMILES string of the molecule is Cc1cc(C)c(C(C)(C)C)c(O)c1C. The number of hydrogen-bond acceptors (Lipinski definition) is 1. The Labute approximate surface area is 86.8 Å². The first-order valence-electron chi connectivity index (χ1n) is 5.05. The second-order valence-electron chi connectivity index (χ2n) is 5.11. The standard InChI is InChI=1S/C13H20O/c1-8-7-9(2)11(13(4,5)6)12(14)10(8)3/h7,14H,1-6H3. The van der Waals surface area contributed by atoms with Crippen molar-refractivity contribution in [2.24, 2.45) is 0 Å². The van der Waals surface area contributed by atoms with Gasteiger partial charge in [-0.05, 0) is 42.9 Å². The molecule has 14 heavy (non-hydrogen) atoms. The van der Waals surface area contributed by atoms with Crippen LogP contribution in [0.2, 0.25) is 0 Å². The molecule has 0 saturated carbocycles. The van der Waals surface area contributed by atoms with Gasteiger partial charge in [-0.15, -0.1) is 0 Å². The van der Waals surface area contributed by atoms with E-state index in [0.717, 1.165) is 16.7 Å². The molecule has 0 aliphatic heterocycles. The van der Waals surface area contributed by atoms with Gasteiger partial charge in [-0.2, -0.15) is 0 Å². The summed E-state index contributed by atoms with van der Waals surface area (Å²) in [5, 5.41) is 10.1. The van der Waals surface area contributed by atoms with Crippen LogP contribution in [-0.4, -0.2) is 5.11 Å². The molecule has 1 nitrogen and oxygen atoms in total. The highest BCUT2D eigenvalue weighted by Gasteiger charge is 2.22. The highest BCUT2D eigenvalue weighted by atomic mass is 16.3. The van der Waals surface area contributed by atoms with Crippen molar-refractivity contribution in [3.8, 4) is 5.75 Å². The molecule has 0 aliphatic rings. The summed E-state index contributed by atoms with van der Waals surface area (Å²) in [6, 6.07) is 2.15. The van der Waals surface area contributed by atoms with E-state index < -0.39 is 0 Å². The van der Waals surface area contributed by atoms with Crippen LogP contribution < -0.4 is 0 Å². The van der Waals surface area contributed by atoms with Crippen molar-refractivity contribution < 1.29 is 5.11 Å². The van der Waals surface area contributed by atoms with Crippen LogP contribution >= 0.6 is 0 Å². The predicted molar refractivity (Wildman–Crippen MR) is 61.0 cm³/mol. The monoisotopic (exact) mass is 192 g/mol. The minimum atomic E-state index is 0.00657. The van der Waals surface area contributed by atoms with Gasteiger partial charge in [0.25, 0.3) is 0 Å². The molecule has 0 aromatic heterocycles. The molecule has 1 heteroatoms. The summed E-state index contributed by atoms with van der Waals surface area (Å²) in [4.78, 5) is 0. The van der Waals surface area contributed by atoms with Crippen LogP contribution in [0.3, 0.4) is 0 Å². The fourth-order valence-electron chi connectivity index (χ4n) is 2.01. The van der Waals surface area contributed by atoms with E-state index in [-0.39, 0.29) is 5.41 Å². The van der Waals surface area contributed by atoms with Crippen LogP contribution in [0.15, 0.2) is 6.07 Å². The van der Waals surface area contributed by atoms with E-state index >= 15 is 0 Å². The molecule has 78 valence electrons. The van der Waals surface area contributed by atoms with Crippen LogP contribution in [0.1, 0.15) is 43.0 Å². The van der Waals surface area contributed by atoms with Gasteiger partial charge >= 0.3 is 0 Å². The maximum absolute atomic E-state index is 10.1. The number of aromatic hydroxyl groups is 1. The van der Waals surface area contributed by atoms with Gasteiger partial charge in [0, 0.05) is 5.56 Å². The third kappa shape index (κ3) is 1.77. The highest BCUT2D eigenvalue weighted by molar-refractivity contribution is 5.51. The van der Waals surface area contributed by atoms with Crippen molar-refractivity contribution in [3.05, 3.63) is 28.3 Å². The van der Waals surface area contributed by atoms with Gasteiger partial charge in [-0.25, -0.2) is 0 Å². The Morgan fingerprint density at radius 1 is 1.00 bits per heavy atom. The first-order chi connectivity index (χ1) is 6.25. The third-order valence-corrected chi connectivity index (χ3v) is 2.76. The smallest absolute Gasteiger partial charge is 0.122 e. The summed E-state index contributed by atoms with van der Waals surface area (Å²) in [6.07, 6.45) is 0. The lowest BCUT2D eigenvalue weighted by molar-refractivity contribution is 0.441. The van der Waals surface area contributed by atoms with Crippen molar-refractivity contribution in [2.75, 3.05) is 0 Å². The van der Waals surface area contributed by atoms with Gasteiger partial charge in [-0.3, -0.25) is 0 Å². The number of benzene rings is 1. The van der Waals surface area contributed by atoms with Crippen LogP contribution in [0.5, 0.6) is 5.75 Å². The second kappa shape index (κ2) is 3.30. The molecule has 0 amide bonds. The minimum absolute atomic E-state index is 0.00657. The third-order valence-electron chi connectivity index (χ3n) is 2.76. The largest absolute Gasteiger partial charge is 0.507 e. The van der Waals surface area contributed by atoms with Crippen LogP contribution in [0.4, 0.5) is 0 Å². The number of aryl methyl sites for hydroxylation is 2. The van der Waals surface area contributed by atoms with Crippen molar-refractivity contribution in [2.45, 2.75) is 47.0 Å². The molecule has 1 rings (SSSR count). The van der Waals surface area contributed by atoms with Crippen molar-refractivity contribution in [3.63, 3.8) is 0 Å². The molecular weight excluding hydrogens is 172 g/mol. The Hall–Kier alpha value is -0.980. The van der Waals surface area contributed by atoms with Crippen LogP contribution in [0.25, 0.3) is 0 Å². The van der Waals surface area contributed by atoms with Gasteiger partial charge in [0.05, 0.1) is 0 Å². The molecular formula is C13H20O. The maximum Gasteiger partial charge on any atom is 0.122 e. The number of phenols is 1. The quantitative estimate of drug-likeness (QED) is 0.665. The Kier molecular flexibility index (Phi) is 2.62. The van der Waals surface area contributed by atoms with E-state index in [1.54, 1.807) is 0 Å². The molecule has 0 fully saturated rings. The van der Waals surface area contributed by atoms with Gasteiger partial charge in [0.2, 0.25) is 0 Å². The van der Waals surface area contributed by atoms with Gasteiger partial charge < -0.3 is 5.11 Å².